The Hall–Kier alpha value is -1.29. The van der Waals surface area contributed by atoms with Gasteiger partial charge in [-0.3, -0.25) is 4.79 Å². The number of carbonyl (C=O) groups is 1. The summed E-state index contributed by atoms with van der Waals surface area (Å²) in [5.41, 5.74) is -0.656. The second kappa shape index (κ2) is 6.05. The third-order valence-corrected chi connectivity index (χ3v) is 3.50. The number of hydrogen-bond donors (Lipinski definition) is 1. The Labute approximate surface area is 111 Å². The van der Waals surface area contributed by atoms with Crippen molar-refractivity contribution in [1.29, 1.82) is 0 Å². The average molecular weight is 274 g/mol. The zero-order valence-corrected chi connectivity index (χ0v) is 11.5. The minimum Gasteiger partial charge on any atom is -0.496 e. The van der Waals surface area contributed by atoms with Crippen LogP contribution in [0.15, 0.2) is 18.2 Å². The van der Waals surface area contributed by atoms with Gasteiger partial charge in [0.25, 0.3) is 5.91 Å². The van der Waals surface area contributed by atoms with Crippen LogP contribution in [0.5, 0.6) is 5.75 Å². The molecule has 0 saturated carbocycles. The summed E-state index contributed by atoms with van der Waals surface area (Å²) in [5, 5.41) is 2.73. The molecule has 0 spiro atoms. The van der Waals surface area contributed by atoms with Gasteiger partial charge in [-0.05, 0) is 25.5 Å². The molecule has 1 aromatic rings. The van der Waals surface area contributed by atoms with Crippen molar-refractivity contribution in [3.8, 4) is 5.75 Å². The molecule has 1 rings (SSSR count). The molecule has 0 saturated heterocycles. The summed E-state index contributed by atoms with van der Waals surface area (Å²) in [6.45, 7) is 3.71. The van der Waals surface area contributed by atoms with E-state index in [-0.39, 0.29) is 17.2 Å². The molecule has 3 nitrogen and oxygen atoms in total. The number of carbonyl (C=O) groups excluding carboxylic acids is 1. The summed E-state index contributed by atoms with van der Waals surface area (Å²) >= 11 is 5.81. The van der Waals surface area contributed by atoms with Gasteiger partial charge in [-0.25, -0.2) is 4.39 Å². The van der Waals surface area contributed by atoms with Crippen LogP contribution in [-0.4, -0.2) is 24.4 Å². The lowest BCUT2D eigenvalue weighted by atomic mass is 10.0. The van der Waals surface area contributed by atoms with Gasteiger partial charge in [0, 0.05) is 5.88 Å². The van der Waals surface area contributed by atoms with Crippen LogP contribution in [-0.2, 0) is 0 Å². The number of amides is 1. The van der Waals surface area contributed by atoms with Gasteiger partial charge in [0.05, 0.1) is 12.6 Å². The molecule has 0 aliphatic carbocycles. The molecule has 0 bridgehead atoms. The molecule has 0 fully saturated rings. The number of hydrogen-bond acceptors (Lipinski definition) is 2. The molecule has 5 heteroatoms. The van der Waals surface area contributed by atoms with E-state index in [2.05, 4.69) is 5.32 Å². The normalized spacial score (nSPS) is 13.8. The van der Waals surface area contributed by atoms with Crippen molar-refractivity contribution in [2.24, 2.45) is 0 Å². The van der Waals surface area contributed by atoms with Crippen molar-refractivity contribution in [1.82, 2.24) is 5.32 Å². The Morgan fingerprint density at radius 2 is 2.22 bits per heavy atom. The summed E-state index contributed by atoms with van der Waals surface area (Å²) < 4.78 is 18.7. The first-order valence-electron chi connectivity index (χ1n) is 5.68. The van der Waals surface area contributed by atoms with Gasteiger partial charge >= 0.3 is 0 Å². The number of benzene rings is 1. The second-order valence-electron chi connectivity index (χ2n) is 4.32. The number of nitrogens with one attached hydrogen (secondary N) is 1. The van der Waals surface area contributed by atoms with E-state index in [1.165, 1.54) is 19.2 Å². The van der Waals surface area contributed by atoms with Crippen molar-refractivity contribution < 1.29 is 13.9 Å². The molecule has 100 valence electrons. The first kappa shape index (κ1) is 14.8. The van der Waals surface area contributed by atoms with Crippen LogP contribution < -0.4 is 10.1 Å². The molecule has 1 N–H and O–H groups in total. The Kier molecular flexibility index (Phi) is 4.96. The summed E-state index contributed by atoms with van der Waals surface area (Å²) in [6, 6.07) is 4.26. The summed E-state index contributed by atoms with van der Waals surface area (Å²) in [7, 11) is 1.39. The van der Waals surface area contributed by atoms with Crippen LogP contribution in [0.3, 0.4) is 0 Å². The van der Waals surface area contributed by atoms with Crippen molar-refractivity contribution in [3.63, 3.8) is 0 Å². The highest BCUT2D eigenvalue weighted by molar-refractivity contribution is 6.18. The van der Waals surface area contributed by atoms with Crippen molar-refractivity contribution in [3.05, 3.63) is 29.6 Å². The minimum absolute atomic E-state index is 0.0928. The summed E-state index contributed by atoms with van der Waals surface area (Å²) in [6.07, 6.45) is 0.652. The highest BCUT2D eigenvalue weighted by Crippen LogP contribution is 2.22. The van der Waals surface area contributed by atoms with E-state index in [0.29, 0.717) is 6.42 Å². The quantitative estimate of drug-likeness (QED) is 0.838. The van der Waals surface area contributed by atoms with Gasteiger partial charge in [0.1, 0.15) is 17.1 Å². The van der Waals surface area contributed by atoms with E-state index >= 15 is 0 Å². The summed E-state index contributed by atoms with van der Waals surface area (Å²) in [5.74, 6) is -0.665. The van der Waals surface area contributed by atoms with E-state index in [9.17, 15) is 9.18 Å². The Bertz CT molecular complexity index is 433. The molecular weight excluding hydrogens is 257 g/mol. The lowest BCUT2D eigenvalue weighted by molar-refractivity contribution is 0.0905. The zero-order valence-electron chi connectivity index (χ0n) is 10.7. The lowest BCUT2D eigenvalue weighted by Crippen LogP contribution is -2.47. The predicted molar refractivity (Wildman–Crippen MR) is 69.8 cm³/mol. The number of rotatable bonds is 5. The fourth-order valence-electron chi connectivity index (χ4n) is 1.45. The molecule has 0 heterocycles. The molecule has 18 heavy (non-hydrogen) atoms. The maximum atomic E-state index is 13.7. The van der Waals surface area contributed by atoms with Gasteiger partial charge in [-0.15, -0.1) is 11.6 Å². The molecule has 0 aliphatic rings. The number of alkyl halides is 1. The monoisotopic (exact) mass is 273 g/mol. The van der Waals surface area contributed by atoms with Crippen molar-refractivity contribution >= 4 is 17.5 Å². The summed E-state index contributed by atoms with van der Waals surface area (Å²) in [4.78, 5) is 12.1. The topological polar surface area (TPSA) is 38.3 Å². The van der Waals surface area contributed by atoms with Crippen molar-refractivity contribution in [2.75, 3.05) is 13.0 Å². The van der Waals surface area contributed by atoms with E-state index in [1.54, 1.807) is 6.07 Å². The average Bonchev–Trinajstić information content (AvgIpc) is 2.37. The van der Waals surface area contributed by atoms with Crippen LogP contribution in [0.25, 0.3) is 0 Å². The molecule has 0 radical (unpaired) electrons. The molecule has 1 amide bonds. The molecule has 0 aliphatic heterocycles. The number of ether oxygens (including phenoxy) is 1. The first-order valence-corrected chi connectivity index (χ1v) is 6.22. The molecule has 1 unspecified atom stereocenters. The minimum atomic E-state index is -0.611. The fourth-order valence-corrected chi connectivity index (χ4v) is 1.70. The molecule has 1 aromatic carbocycles. The largest absolute Gasteiger partial charge is 0.496 e. The highest BCUT2D eigenvalue weighted by atomic mass is 35.5. The smallest absolute Gasteiger partial charge is 0.258 e. The molecule has 1 atom stereocenters. The standard InChI is InChI=1S/C13H17ClFNO2/c1-4-13(2,8-14)16-12(17)11-9(15)6-5-7-10(11)18-3/h5-7H,4,8H2,1-3H3,(H,16,17). The maximum Gasteiger partial charge on any atom is 0.258 e. The van der Waals surface area contributed by atoms with Crippen LogP contribution in [0, 0.1) is 5.82 Å². The van der Waals surface area contributed by atoms with Crippen LogP contribution in [0.1, 0.15) is 30.6 Å². The fraction of sp³-hybridized carbons (Fsp3) is 0.462. The predicted octanol–water partition coefficient (Wildman–Crippen LogP) is 2.97. The molecular formula is C13H17ClFNO2. The Morgan fingerprint density at radius 1 is 1.56 bits per heavy atom. The Morgan fingerprint density at radius 3 is 2.72 bits per heavy atom. The van der Waals surface area contributed by atoms with Gasteiger partial charge in [-0.2, -0.15) is 0 Å². The third-order valence-electron chi connectivity index (χ3n) is 2.91. The van der Waals surface area contributed by atoms with Gasteiger partial charge in [0.2, 0.25) is 0 Å². The number of methoxy groups -OCH3 is 1. The first-order chi connectivity index (χ1) is 8.47. The van der Waals surface area contributed by atoms with Crippen molar-refractivity contribution in [2.45, 2.75) is 25.8 Å². The highest BCUT2D eigenvalue weighted by Gasteiger charge is 2.26. The van der Waals surface area contributed by atoms with Crippen LogP contribution in [0.4, 0.5) is 4.39 Å². The molecule has 0 aromatic heterocycles. The van der Waals surface area contributed by atoms with Crippen LogP contribution in [0.2, 0.25) is 0 Å². The lowest BCUT2D eigenvalue weighted by Gasteiger charge is -2.27. The maximum absolute atomic E-state index is 13.7. The van der Waals surface area contributed by atoms with E-state index in [0.717, 1.165) is 0 Å². The third kappa shape index (κ3) is 3.13. The van der Waals surface area contributed by atoms with Gasteiger partial charge in [0.15, 0.2) is 0 Å². The van der Waals surface area contributed by atoms with E-state index in [4.69, 9.17) is 16.3 Å². The zero-order chi connectivity index (χ0) is 13.8. The Balaban J connectivity index is 3.04. The van der Waals surface area contributed by atoms with Crippen LogP contribution >= 0.6 is 11.6 Å². The SMILES string of the molecule is CCC(C)(CCl)NC(=O)c1c(F)cccc1OC. The van der Waals surface area contributed by atoms with Gasteiger partial charge < -0.3 is 10.1 Å². The second-order valence-corrected chi connectivity index (χ2v) is 4.59. The van der Waals surface area contributed by atoms with E-state index in [1.807, 2.05) is 13.8 Å². The van der Waals surface area contributed by atoms with Gasteiger partial charge in [-0.1, -0.05) is 13.0 Å². The number of halogens is 2. The van der Waals surface area contributed by atoms with E-state index < -0.39 is 17.3 Å².